The molecule has 0 aromatic heterocycles. The molecule has 0 aromatic rings. The van der Waals surface area contributed by atoms with E-state index in [1.807, 2.05) is 12.2 Å². The zero-order valence-corrected chi connectivity index (χ0v) is 13.7. The van der Waals surface area contributed by atoms with Crippen molar-refractivity contribution in [2.45, 2.75) is 57.8 Å². The summed E-state index contributed by atoms with van der Waals surface area (Å²) in [6.45, 7) is 3.51. The highest BCUT2D eigenvalue weighted by Crippen LogP contribution is 2.42. The molecular weight excluding hydrogens is 284 g/mol. The first-order chi connectivity index (χ1) is 10.3. The first-order valence-corrected chi connectivity index (χ1v) is 7.85. The number of unbranched alkanes of at least 4 members (excludes halogenated alkanes) is 1. The van der Waals surface area contributed by atoms with E-state index in [0.29, 0.717) is 12.0 Å². The van der Waals surface area contributed by atoms with Gasteiger partial charge >= 0.3 is 5.97 Å². The minimum Gasteiger partial charge on any atom is -0.466 e. The quantitative estimate of drug-likeness (QED) is 0.220. The van der Waals surface area contributed by atoms with Crippen LogP contribution in [-0.2, 0) is 9.53 Å². The molecule has 0 aliphatic heterocycles. The number of esters is 1. The number of aliphatic hydroxyl groups excluding tert-OH is 1. The summed E-state index contributed by atoms with van der Waals surface area (Å²) < 4.78 is 4.74. The maximum atomic E-state index is 11.7. The van der Waals surface area contributed by atoms with Crippen LogP contribution in [0.1, 0.15) is 46.0 Å². The summed E-state index contributed by atoms with van der Waals surface area (Å²) in [7, 11) is 1.32. The fourth-order valence-electron chi connectivity index (χ4n) is 2.99. The van der Waals surface area contributed by atoms with Crippen molar-refractivity contribution in [3.63, 3.8) is 0 Å². The number of aliphatic hydroxyl groups is 3. The lowest BCUT2D eigenvalue weighted by Gasteiger charge is -2.21. The topological polar surface area (TPSA) is 87.0 Å². The van der Waals surface area contributed by atoms with Gasteiger partial charge in [0.25, 0.3) is 0 Å². The van der Waals surface area contributed by atoms with Crippen LogP contribution in [0, 0.1) is 11.8 Å². The number of allylic oxidation sites excluding steroid dienone is 2. The predicted octanol–water partition coefficient (Wildman–Crippen LogP) is 1.92. The molecule has 3 atom stereocenters. The Bertz CT molecular complexity index is 423. The van der Waals surface area contributed by atoms with Crippen LogP contribution in [0.2, 0.25) is 0 Å². The number of rotatable bonds is 7. The van der Waals surface area contributed by atoms with Crippen molar-refractivity contribution in [3.05, 3.63) is 23.8 Å². The van der Waals surface area contributed by atoms with Crippen LogP contribution in [0.4, 0.5) is 0 Å². The Morgan fingerprint density at radius 1 is 1.45 bits per heavy atom. The number of carbonyl (C=O) groups is 1. The van der Waals surface area contributed by atoms with Crippen molar-refractivity contribution in [2.75, 3.05) is 7.11 Å². The van der Waals surface area contributed by atoms with Crippen LogP contribution < -0.4 is 0 Å². The number of carbonyl (C=O) groups excluding carboxylic acids is 1. The van der Waals surface area contributed by atoms with Gasteiger partial charge in [-0.3, -0.25) is 0 Å². The molecule has 3 N–H and O–H groups in total. The average molecular weight is 312 g/mol. The van der Waals surface area contributed by atoms with Crippen molar-refractivity contribution in [3.8, 4) is 0 Å². The molecule has 1 aliphatic carbocycles. The van der Waals surface area contributed by atoms with E-state index in [4.69, 9.17) is 4.74 Å². The zero-order valence-electron chi connectivity index (χ0n) is 13.7. The van der Waals surface area contributed by atoms with Crippen molar-refractivity contribution < 1.29 is 24.9 Å². The fourth-order valence-corrected chi connectivity index (χ4v) is 2.99. The van der Waals surface area contributed by atoms with Gasteiger partial charge in [-0.2, -0.15) is 0 Å². The Morgan fingerprint density at radius 2 is 2.14 bits per heavy atom. The molecule has 0 radical (unpaired) electrons. The van der Waals surface area contributed by atoms with Crippen molar-refractivity contribution in [1.29, 1.82) is 0 Å². The molecule has 5 heteroatoms. The number of methoxy groups -OCH3 is 1. The summed E-state index contributed by atoms with van der Waals surface area (Å²) in [5.41, 5.74) is 0.500. The third-order valence-corrected chi connectivity index (χ3v) is 4.21. The van der Waals surface area contributed by atoms with Gasteiger partial charge in [0.15, 0.2) is 5.79 Å². The molecule has 1 fully saturated rings. The lowest BCUT2D eigenvalue weighted by molar-refractivity contribution is -0.175. The summed E-state index contributed by atoms with van der Waals surface area (Å²) in [6.07, 6.45) is 8.12. The Morgan fingerprint density at radius 3 is 2.68 bits per heavy atom. The molecule has 22 heavy (non-hydrogen) atoms. The van der Waals surface area contributed by atoms with E-state index in [0.717, 1.165) is 19.3 Å². The molecule has 1 aliphatic rings. The minimum atomic E-state index is -1.80. The van der Waals surface area contributed by atoms with Gasteiger partial charge in [0.05, 0.1) is 13.2 Å². The zero-order chi connectivity index (χ0) is 16.8. The first kappa shape index (κ1) is 18.9. The molecule has 0 amide bonds. The third-order valence-electron chi connectivity index (χ3n) is 4.21. The third kappa shape index (κ3) is 5.23. The maximum Gasteiger partial charge on any atom is 0.333 e. The van der Waals surface area contributed by atoms with Crippen LogP contribution >= 0.6 is 0 Å². The van der Waals surface area contributed by atoms with Gasteiger partial charge in [0, 0.05) is 17.9 Å². The van der Waals surface area contributed by atoms with Gasteiger partial charge in [-0.15, -0.1) is 0 Å². The molecule has 0 aromatic carbocycles. The SMILES string of the molecule is C/C=C(\C(=O)OC)C1CC(C=CCCCC(C)O)C(O)(O)C1. The summed E-state index contributed by atoms with van der Waals surface area (Å²) >= 11 is 0. The van der Waals surface area contributed by atoms with Crippen LogP contribution in [0.25, 0.3) is 0 Å². The van der Waals surface area contributed by atoms with Gasteiger partial charge in [0.1, 0.15) is 0 Å². The van der Waals surface area contributed by atoms with E-state index in [1.165, 1.54) is 7.11 Å². The normalized spacial score (nSPS) is 26.4. The number of hydrogen-bond donors (Lipinski definition) is 3. The second kappa shape index (κ2) is 8.46. The van der Waals surface area contributed by atoms with Gasteiger partial charge in [-0.25, -0.2) is 4.79 Å². The monoisotopic (exact) mass is 312 g/mol. The Hall–Kier alpha value is -1.17. The summed E-state index contributed by atoms with van der Waals surface area (Å²) in [4.78, 5) is 11.7. The smallest absolute Gasteiger partial charge is 0.333 e. The number of ether oxygens (including phenoxy) is 1. The molecule has 1 rings (SSSR count). The highest BCUT2D eigenvalue weighted by molar-refractivity contribution is 5.88. The van der Waals surface area contributed by atoms with Crippen molar-refractivity contribution in [1.82, 2.24) is 0 Å². The predicted molar refractivity (Wildman–Crippen MR) is 83.8 cm³/mol. The molecule has 0 bridgehead atoms. The standard InChI is InChI=1S/C17H28O5/c1-4-15(16(19)22-3)13-10-14(17(20,21)11-13)9-7-5-6-8-12(2)18/h4,7,9,12-14,18,20-21H,5-6,8,10-11H2,1-3H3/b9-7?,15-4-. The number of hydrogen-bond acceptors (Lipinski definition) is 5. The summed E-state index contributed by atoms with van der Waals surface area (Å²) in [5.74, 6) is -2.82. The Balaban J connectivity index is 2.62. The van der Waals surface area contributed by atoms with Crippen molar-refractivity contribution >= 4 is 5.97 Å². The first-order valence-electron chi connectivity index (χ1n) is 7.85. The molecule has 5 nitrogen and oxygen atoms in total. The molecule has 0 saturated heterocycles. The van der Waals surface area contributed by atoms with E-state index >= 15 is 0 Å². The molecule has 126 valence electrons. The van der Waals surface area contributed by atoms with E-state index in [-0.39, 0.29) is 18.4 Å². The van der Waals surface area contributed by atoms with E-state index in [1.54, 1.807) is 19.9 Å². The second-order valence-corrected chi connectivity index (χ2v) is 6.07. The maximum absolute atomic E-state index is 11.7. The van der Waals surface area contributed by atoms with Gasteiger partial charge in [-0.1, -0.05) is 18.2 Å². The van der Waals surface area contributed by atoms with Crippen LogP contribution in [-0.4, -0.2) is 40.3 Å². The van der Waals surface area contributed by atoms with E-state index < -0.39 is 17.7 Å². The highest BCUT2D eigenvalue weighted by Gasteiger charge is 2.45. The van der Waals surface area contributed by atoms with E-state index in [9.17, 15) is 20.1 Å². The Labute approximate surface area is 132 Å². The van der Waals surface area contributed by atoms with E-state index in [2.05, 4.69) is 0 Å². The molecule has 0 heterocycles. The minimum absolute atomic E-state index is 0.129. The summed E-state index contributed by atoms with van der Waals surface area (Å²) in [6, 6.07) is 0. The van der Waals surface area contributed by atoms with Crippen LogP contribution in [0.5, 0.6) is 0 Å². The van der Waals surface area contributed by atoms with Gasteiger partial charge in [0.2, 0.25) is 0 Å². The lowest BCUT2D eigenvalue weighted by atomic mass is 9.95. The highest BCUT2D eigenvalue weighted by atomic mass is 16.5. The van der Waals surface area contributed by atoms with Crippen LogP contribution in [0.3, 0.4) is 0 Å². The lowest BCUT2D eigenvalue weighted by Crippen LogP contribution is -2.31. The van der Waals surface area contributed by atoms with Crippen LogP contribution in [0.15, 0.2) is 23.8 Å². The van der Waals surface area contributed by atoms with Crippen molar-refractivity contribution in [2.24, 2.45) is 11.8 Å². The van der Waals surface area contributed by atoms with Gasteiger partial charge < -0.3 is 20.1 Å². The Kier molecular flexibility index (Phi) is 7.26. The largest absolute Gasteiger partial charge is 0.466 e. The molecule has 0 spiro atoms. The average Bonchev–Trinajstić information content (AvgIpc) is 2.73. The molecular formula is C17H28O5. The van der Waals surface area contributed by atoms with Gasteiger partial charge in [-0.05, 0) is 45.4 Å². The summed E-state index contributed by atoms with van der Waals surface area (Å²) in [5, 5.41) is 29.5. The second-order valence-electron chi connectivity index (χ2n) is 6.07. The molecule has 1 saturated carbocycles. The molecule has 3 unspecified atom stereocenters. The fraction of sp³-hybridized carbons (Fsp3) is 0.706.